The van der Waals surface area contributed by atoms with E-state index in [2.05, 4.69) is 27.9 Å². The van der Waals surface area contributed by atoms with Crippen molar-refractivity contribution in [2.24, 2.45) is 0 Å². The maximum Gasteiger partial charge on any atom is 0.268 e. The van der Waals surface area contributed by atoms with Crippen LogP contribution in [0.2, 0.25) is 0 Å². The van der Waals surface area contributed by atoms with Crippen LogP contribution in [-0.4, -0.2) is 17.1 Å². The lowest BCUT2D eigenvalue weighted by atomic mass is 10.2. The molecule has 5 heteroatoms. The first-order valence-corrected chi connectivity index (χ1v) is 8.96. The fraction of sp³-hybridized carbons (Fsp3) is 0.211. The third kappa shape index (κ3) is 3.62. The highest BCUT2D eigenvalue weighted by Gasteiger charge is 2.15. The molecule has 0 saturated carbocycles. The third-order valence-electron chi connectivity index (χ3n) is 3.86. The van der Waals surface area contributed by atoms with Gasteiger partial charge in [-0.3, -0.25) is 4.79 Å². The Balaban J connectivity index is 1.84. The summed E-state index contributed by atoms with van der Waals surface area (Å²) in [4.78, 5) is 12.7. The molecule has 0 fully saturated rings. The summed E-state index contributed by atoms with van der Waals surface area (Å²) >= 11 is 2.28. The van der Waals surface area contributed by atoms with E-state index in [1.807, 2.05) is 66.1 Å². The van der Waals surface area contributed by atoms with Crippen LogP contribution in [0.3, 0.4) is 0 Å². The number of carbonyl (C=O) groups excluding carboxylic acids is 1. The van der Waals surface area contributed by atoms with Gasteiger partial charge in [-0.1, -0.05) is 36.4 Å². The van der Waals surface area contributed by atoms with E-state index in [1.54, 1.807) is 0 Å². The number of hydrogen-bond acceptors (Lipinski definition) is 2. The Hall–Kier alpha value is -1.86. The van der Waals surface area contributed by atoms with Gasteiger partial charge in [0.25, 0.3) is 5.91 Å². The van der Waals surface area contributed by atoms with Gasteiger partial charge in [0, 0.05) is 22.1 Å². The van der Waals surface area contributed by atoms with Gasteiger partial charge in [-0.2, -0.15) is 0 Å². The number of ether oxygens (including phenoxy) is 1. The topological polar surface area (TPSA) is 43.3 Å². The van der Waals surface area contributed by atoms with Crippen LogP contribution in [0.25, 0.3) is 10.9 Å². The van der Waals surface area contributed by atoms with Crippen molar-refractivity contribution < 1.29 is 9.53 Å². The number of rotatable bonds is 6. The van der Waals surface area contributed by atoms with Gasteiger partial charge >= 0.3 is 0 Å². The molecule has 0 aliphatic rings. The molecular formula is C19H19IN2O2. The summed E-state index contributed by atoms with van der Waals surface area (Å²) in [5, 5.41) is 4.05. The molecule has 4 nitrogen and oxygen atoms in total. The Morgan fingerprint density at radius 2 is 1.92 bits per heavy atom. The number of carbonyl (C=O) groups is 1. The van der Waals surface area contributed by atoms with Gasteiger partial charge in [-0.05, 0) is 53.3 Å². The molecule has 1 heterocycles. The van der Waals surface area contributed by atoms with Crippen molar-refractivity contribution >= 4 is 39.4 Å². The van der Waals surface area contributed by atoms with Gasteiger partial charge < -0.3 is 14.6 Å². The molecular weight excluding hydrogens is 415 g/mol. The zero-order valence-electron chi connectivity index (χ0n) is 13.5. The zero-order chi connectivity index (χ0) is 16.9. The summed E-state index contributed by atoms with van der Waals surface area (Å²) in [6, 6.07) is 17.9. The molecule has 0 bridgehead atoms. The van der Waals surface area contributed by atoms with Gasteiger partial charge in [0.1, 0.15) is 12.4 Å². The van der Waals surface area contributed by atoms with Crippen molar-refractivity contribution in [2.75, 3.05) is 6.61 Å². The first-order chi connectivity index (χ1) is 11.7. The molecule has 0 atom stereocenters. The second-order valence-corrected chi connectivity index (χ2v) is 6.57. The van der Waals surface area contributed by atoms with Crippen LogP contribution in [-0.2, 0) is 18.0 Å². The molecule has 0 aliphatic carbocycles. The summed E-state index contributed by atoms with van der Waals surface area (Å²) in [7, 11) is 0. The number of nitrogens with one attached hydrogen (secondary N) is 1. The van der Waals surface area contributed by atoms with Gasteiger partial charge in [-0.15, -0.1) is 0 Å². The highest BCUT2D eigenvalue weighted by molar-refractivity contribution is 14.1. The second-order valence-electron chi connectivity index (χ2n) is 5.41. The van der Waals surface area contributed by atoms with Crippen molar-refractivity contribution in [3.05, 3.63) is 69.4 Å². The summed E-state index contributed by atoms with van der Waals surface area (Å²) in [6.07, 6.45) is 0. The predicted octanol–water partition coefficient (Wildman–Crippen LogP) is 4.17. The standard InChI is InChI=1S/C19H19IN2O2/c1-2-24-13-22-17-10-6-4-7-14(17)11-18(22)19(23)21-12-15-8-3-5-9-16(15)20/h3-11H,2,12-13H2,1H3,(H,21,23). The van der Waals surface area contributed by atoms with Crippen LogP contribution in [0.4, 0.5) is 0 Å². The average molecular weight is 434 g/mol. The summed E-state index contributed by atoms with van der Waals surface area (Å²) in [5.41, 5.74) is 2.74. The Labute approximate surface area is 155 Å². The van der Waals surface area contributed by atoms with Crippen LogP contribution in [0.1, 0.15) is 23.0 Å². The maximum absolute atomic E-state index is 12.7. The quantitative estimate of drug-likeness (QED) is 0.592. The number of aromatic nitrogens is 1. The molecule has 0 radical (unpaired) electrons. The molecule has 0 spiro atoms. The Bertz CT molecular complexity index is 857. The second kappa shape index (κ2) is 7.81. The number of amides is 1. The van der Waals surface area contributed by atoms with Crippen molar-refractivity contribution in [3.8, 4) is 0 Å². The number of halogens is 1. The summed E-state index contributed by atoms with van der Waals surface area (Å²) in [5.74, 6) is -0.0921. The molecule has 1 N–H and O–H groups in total. The maximum atomic E-state index is 12.7. The normalized spacial score (nSPS) is 10.9. The van der Waals surface area contributed by atoms with E-state index in [1.165, 1.54) is 0 Å². The minimum atomic E-state index is -0.0921. The van der Waals surface area contributed by atoms with Gasteiger partial charge in [0.05, 0.1) is 5.52 Å². The van der Waals surface area contributed by atoms with Gasteiger partial charge in [0.2, 0.25) is 0 Å². The van der Waals surface area contributed by atoms with Crippen molar-refractivity contribution in [1.82, 2.24) is 9.88 Å². The summed E-state index contributed by atoms with van der Waals surface area (Å²) in [6.45, 7) is 3.43. The molecule has 3 aromatic rings. The minimum absolute atomic E-state index is 0.0921. The van der Waals surface area contributed by atoms with E-state index in [0.29, 0.717) is 25.6 Å². The molecule has 24 heavy (non-hydrogen) atoms. The molecule has 1 amide bonds. The molecule has 2 aromatic carbocycles. The van der Waals surface area contributed by atoms with E-state index in [0.717, 1.165) is 20.0 Å². The number of para-hydroxylation sites is 1. The number of fused-ring (bicyclic) bond motifs is 1. The number of hydrogen-bond donors (Lipinski definition) is 1. The first-order valence-electron chi connectivity index (χ1n) is 7.88. The van der Waals surface area contributed by atoms with E-state index >= 15 is 0 Å². The third-order valence-corrected chi connectivity index (χ3v) is 4.92. The Kier molecular flexibility index (Phi) is 5.52. The van der Waals surface area contributed by atoms with Crippen molar-refractivity contribution in [3.63, 3.8) is 0 Å². The molecule has 124 valence electrons. The monoisotopic (exact) mass is 434 g/mol. The predicted molar refractivity (Wildman–Crippen MR) is 104 cm³/mol. The largest absolute Gasteiger partial charge is 0.361 e. The van der Waals surface area contributed by atoms with Gasteiger partial charge in [0.15, 0.2) is 0 Å². The molecule has 0 unspecified atom stereocenters. The number of nitrogens with zero attached hydrogens (tertiary/aromatic N) is 1. The zero-order valence-corrected chi connectivity index (χ0v) is 15.6. The lowest BCUT2D eigenvalue weighted by Gasteiger charge is -2.11. The Morgan fingerprint density at radius 1 is 1.17 bits per heavy atom. The molecule has 1 aromatic heterocycles. The van der Waals surface area contributed by atoms with E-state index in [9.17, 15) is 4.79 Å². The van der Waals surface area contributed by atoms with E-state index < -0.39 is 0 Å². The first kappa shape index (κ1) is 17.0. The van der Waals surface area contributed by atoms with Gasteiger partial charge in [-0.25, -0.2) is 0 Å². The molecule has 0 saturated heterocycles. The number of benzene rings is 2. The van der Waals surface area contributed by atoms with Crippen LogP contribution in [0.5, 0.6) is 0 Å². The van der Waals surface area contributed by atoms with Crippen LogP contribution >= 0.6 is 22.6 Å². The van der Waals surface area contributed by atoms with Crippen molar-refractivity contribution in [2.45, 2.75) is 20.2 Å². The highest BCUT2D eigenvalue weighted by atomic mass is 127. The van der Waals surface area contributed by atoms with E-state index in [4.69, 9.17) is 4.74 Å². The average Bonchev–Trinajstić information content (AvgIpc) is 2.97. The minimum Gasteiger partial charge on any atom is -0.361 e. The molecule has 3 rings (SSSR count). The Morgan fingerprint density at radius 3 is 2.71 bits per heavy atom. The smallest absolute Gasteiger partial charge is 0.268 e. The van der Waals surface area contributed by atoms with Crippen LogP contribution in [0.15, 0.2) is 54.6 Å². The fourth-order valence-electron chi connectivity index (χ4n) is 2.63. The lowest BCUT2D eigenvalue weighted by Crippen LogP contribution is -2.26. The molecule has 0 aliphatic heterocycles. The highest BCUT2D eigenvalue weighted by Crippen LogP contribution is 2.20. The van der Waals surface area contributed by atoms with Crippen molar-refractivity contribution in [1.29, 1.82) is 0 Å². The summed E-state index contributed by atoms with van der Waals surface area (Å²) < 4.78 is 8.60. The lowest BCUT2D eigenvalue weighted by molar-refractivity contribution is 0.0814. The van der Waals surface area contributed by atoms with E-state index in [-0.39, 0.29) is 5.91 Å². The van der Waals surface area contributed by atoms with Crippen LogP contribution in [0, 0.1) is 3.57 Å². The SMILES string of the molecule is CCOCn1c(C(=O)NCc2ccccc2I)cc2ccccc21. The fourth-order valence-corrected chi connectivity index (χ4v) is 3.21. The van der Waals surface area contributed by atoms with Crippen LogP contribution < -0.4 is 5.32 Å².